The molecule has 0 saturated carbocycles. The van der Waals surface area contributed by atoms with Crippen LogP contribution in [0.1, 0.15) is 31.2 Å². The number of nitrogens with zero attached hydrogens (tertiary/aromatic N) is 1. The van der Waals surface area contributed by atoms with Crippen molar-refractivity contribution in [3.63, 3.8) is 0 Å². The van der Waals surface area contributed by atoms with E-state index in [2.05, 4.69) is 29.2 Å². The molecule has 0 aliphatic carbocycles. The van der Waals surface area contributed by atoms with E-state index < -0.39 is 0 Å². The first-order valence-corrected chi connectivity index (χ1v) is 9.67. The summed E-state index contributed by atoms with van der Waals surface area (Å²) < 4.78 is 11.1. The van der Waals surface area contributed by atoms with Crippen molar-refractivity contribution in [2.75, 3.05) is 25.2 Å². The van der Waals surface area contributed by atoms with Crippen LogP contribution in [0.25, 0.3) is 0 Å². The Hall–Kier alpha value is -2.08. The molecular formula is C22H27NO4. The quantitative estimate of drug-likeness (QED) is 0.537. The molecule has 2 saturated heterocycles. The zero-order valence-electron chi connectivity index (χ0n) is 15.8. The van der Waals surface area contributed by atoms with Gasteiger partial charge in [0.25, 0.3) is 0 Å². The SMILES string of the molecule is COc1ccc(N2CCCC23CC(CCOCc2ccccc2)OO3)cc1. The Kier molecular flexibility index (Phi) is 5.62. The van der Waals surface area contributed by atoms with Crippen molar-refractivity contribution in [1.29, 1.82) is 0 Å². The summed E-state index contributed by atoms with van der Waals surface area (Å²) in [5.74, 6) is 0.865. The first-order chi connectivity index (χ1) is 13.3. The van der Waals surface area contributed by atoms with E-state index >= 15 is 0 Å². The number of rotatable bonds is 7. The van der Waals surface area contributed by atoms with E-state index in [-0.39, 0.29) is 11.8 Å². The second-order valence-corrected chi connectivity index (χ2v) is 7.23. The van der Waals surface area contributed by atoms with Gasteiger partial charge in [0.1, 0.15) is 5.75 Å². The maximum Gasteiger partial charge on any atom is 0.178 e. The monoisotopic (exact) mass is 369 g/mol. The normalized spacial score (nSPS) is 24.6. The molecule has 2 heterocycles. The number of hydrogen-bond acceptors (Lipinski definition) is 5. The van der Waals surface area contributed by atoms with Gasteiger partial charge in [-0.2, -0.15) is 0 Å². The third-order valence-corrected chi connectivity index (χ3v) is 5.41. The van der Waals surface area contributed by atoms with Gasteiger partial charge in [0.15, 0.2) is 5.72 Å². The predicted octanol–water partition coefficient (Wildman–Crippen LogP) is 4.32. The fraction of sp³-hybridized carbons (Fsp3) is 0.455. The minimum atomic E-state index is -0.349. The molecule has 2 aliphatic heterocycles. The van der Waals surface area contributed by atoms with E-state index in [0.717, 1.165) is 43.7 Å². The topological polar surface area (TPSA) is 40.2 Å². The minimum absolute atomic E-state index is 0.0691. The van der Waals surface area contributed by atoms with Gasteiger partial charge < -0.3 is 14.4 Å². The van der Waals surface area contributed by atoms with Gasteiger partial charge in [0.05, 0.1) is 19.8 Å². The molecule has 0 amide bonds. The highest BCUT2D eigenvalue weighted by Gasteiger charge is 2.50. The van der Waals surface area contributed by atoms with Crippen molar-refractivity contribution in [3.8, 4) is 5.75 Å². The highest BCUT2D eigenvalue weighted by molar-refractivity contribution is 5.52. The van der Waals surface area contributed by atoms with Gasteiger partial charge in [-0.15, -0.1) is 0 Å². The average molecular weight is 369 g/mol. The standard InChI is InChI=1S/C22H27NO4/c1-24-20-10-8-19(9-11-20)23-14-5-13-22(23)16-21(26-27-22)12-15-25-17-18-6-3-2-4-7-18/h2-4,6-11,21H,5,12-17H2,1H3. The van der Waals surface area contributed by atoms with Crippen molar-refractivity contribution in [1.82, 2.24) is 0 Å². The summed E-state index contributed by atoms with van der Waals surface area (Å²) in [7, 11) is 1.69. The number of hydrogen-bond donors (Lipinski definition) is 0. The maximum atomic E-state index is 5.89. The zero-order valence-corrected chi connectivity index (χ0v) is 15.8. The minimum Gasteiger partial charge on any atom is -0.497 e. The van der Waals surface area contributed by atoms with Crippen molar-refractivity contribution in [3.05, 3.63) is 60.2 Å². The molecule has 2 aromatic carbocycles. The fourth-order valence-electron chi connectivity index (χ4n) is 3.99. The van der Waals surface area contributed by atoms with Gasteiger partial charge in [-0.1, -0.05) is 30.3 Å². The van der Waals surface area contributed by atoms with E-state index in [1.54, 1.807) is 7.11 Å². The highest BCUT2D eigenvalue weighted by atomic mass is 17.2. The molecule has 0 radical (unpaired) electrons. The highest BCUT2D eigenvalue weighted by Crippen LogP contribution is 2.43. The Labute approximate surface area is 160 Å². The van der Waals surface area contributed by atoms with Crippen molar-refractivity contribution >= 4 is 5.69 Å². The largest absolute Gasteiger partial charge is 0.497 e. The van der Waals surface area contributed by atoms with Gasteiger partial charge in [0, 0.05) is 38.1 Å². The lowest BCUT2D eigenvalue weighted by Gasteiger charge is -2.33. The Bertz CT molecular complexity index is 721. The molecule has 1 spiro atoms. The molecule has 2 atom stereocenters. The molecule has 2 aromatic rings. The van der Waals surface area contributed by atoms with Crippen molar-refractivity contribution in [2.45, 2.75) is 44.1 Å². The molecule has 5 heteroatoms. The van der Waals surface area contributed by atoms with Crippen LogP contribution in [0.4, 0.5) is 5.69 Å². The summed E-state index contributed by atoms with van der Waals surface area (Å²) in [5.41, 5.74) is 2.00. The average Bonchev–Trinajstić information content (AvgIpc) is 3.33. The Morgan fingerprint density at radius 1 is 1.11 bits per heavy atom. The maximum absolute atomic E-state index is 5.89. The molecule has 0 N–H and O–H groups in total. The summed E-state index contributed by atoms with van der Waals surface area (Å²) >= 11 is 0. The van der Waals surface area contributed by atoms with E-state index in [1.807, 2.05) is 30.3 Å². The summed E-state index contributed by atoms with van der Waals surface area (Å²) in [6, 6.07) is 18.4. The van der Waals surface area contributed by atoms with E-state index in [9.17, 15) is 0 Å². The summed E-state index contributed by atoms with van der Waals surface area (Å²) in [4.78, 5) is 13.9. The fourth-order valence-corrected chi connectivity index (χ4v) is 3.99. The van der Waals surface area contributed by atoms with Crippen LogP contribution in [0, 0.1) is 0 Å². The van der Waals surface area contributed by atoms with Crippen LogP contribution in [-0.4, -0.2) is 32.1 Å². The predicted molar refractivity (Wildman–Crippen MR) is 104 cm³/mol. The van der Waals surface area contributed by atoms with Gasteiger partial charge >= 0.3 is 0 Å². The summed E-state index contributed by atoms with van der Waals surface area (Å²) in [5, 5.41) is 0. The molecule has 4 rings (SSSR count). The molecule has 144 valence electrons. The van der Waals surface area contributed by atoms with Crippen LogP contribution in [0.5, 0.6) is 5.75 Å². The number of ether oxygens (including phenoxy) is 2. The van der Waals surface area contributed by atoms with Gasteiger partial charge in [0.2, 0.25) is 0 Å². The van der Waals surface area contributed by atoms with E-state index in [4.69, 9.17) is 19.2 Å². The Balaban J connectivity index is 1.30. The summed E-state index contributed by atoms with van der Waals surface area (Å²) in [6.45, 7) is 2.28. The lowest BCUT2D eigenvalue weighted by molar-refractivity contribution is -0.324. The molecule has 2 aliphatic rings. The smallest absolute Gasteiger partial charge is 0.178 e. The molecule has 0 aromatic heterocycles. The molecule has 5 nitrogen and oxygen atoms in total. The molecular weight excluding hydrogens is 342 g/mol. The zero-order chi connectivity index (χ0) is 18.5. The summed E-state index contributed by atoms with van der Waals surface area (Å²) in [6.07, 6.45) is 3.87. The van der Waals surface area contributed by atoms with Crippen LogP contribution in [0.3, 0.4) is 0 Å². The van der Waals surface area contributed by atoms with Gasteiger partial charge in [-0.25, -0.2) is 9.78 Å². The van der Waals surface area contributed by atoms with Crippen molar-refractivity contribution < 1.29 is 19.2 Å². The van der Waals surface area contributed by atoms with Gasteiger partial charge in [-0.05, 0) is 36.2 Å². The van der Waals surface area contributed by atoms with Crippen LogP contribution in [0.2, 0.25) is 0 Å². The first kappa shape index (κ1) is 18.3. The molecule has 0 bridgehead atoms. The lowest BCUT2D eigenvalue weighted by Crippen LogP contribution is -2.43. The Morgan fingerprint density at radius 2 is 1.93 bits per heavy atom. The Morgan fingerprint density at radius 3 is 2.70 bits per heavy atom. The number of methoxy groups -OCH3 is 1. The third kappa shape index (κ3) is 4.10. The molecule has 27 heavy (non-hydrogen) atoms. The van der Waals surface area contributed by atoms with Crippen LogP contribution < -0.4 is 9.64 Å². The van der Waals surface area contributed by atoms with E-state index in [0.29, 0.717) is 13.2 Å². The third-order valence-electron chi connectivity index (χ3n) is 5.41. The van der Waals surface area contributed by atoms with Gasteiger partial charge in [-0.3, -0.25) is 0 Å². The van der Waals surface area contributed by atoms with Crippen LogP contribution in [0.15, 0.2) is 54.6 Å². The first-order valence-electron chi connectivity index (χ1n) is 9.67. The molecule has 2 unspecified atom stereocenters. The number of benzene rings is 2. The van der Waals surface area contributed by atoms with Crippen LogP contribution >= 0.6 is 0 Å². The lowest BCUT2D eigenvalue weighted by atomic mass is 10.0. The van der Waals surface area contributed by atoms with Crippen LogP contribution in [-0.2, 0) is 21.1 Å². The molecule has 2 fully saturated rings. The van der Waals surface area contributed by atoms with Crippen molar-refractivity contribution in [2.24, 2.45) is 0 Å². The second-order valence-electron chi connectivity index (χ2n) is 7.23. The second kappa shape index (κ2) is 8.30. The van der Waals surface area contributed by atoms with E-state index in [1.165, 1.54) is 5.56 Å². The number of anilines is 1.